The molecule has 0 unspecified atom stereocenters. The summed E-state index contributed by atoms with van der Waals surface area (Å²) in [6.45, 7) is 17.0. The Kier molecular flexibility index (Phi) is 5.87. The van der Waals surface area contributed by atoms with Crippen LogP contribution in [0.4, 0.5) is 0 Å². The molecule has 4 rings (SSSR count). The van der Waals surface area contributed by atoms with Crippen LogP contribution < -0.4 is 0 Å². The van der Waals surface area contributed by atoms with Gasteiger partial charge in [0.05, 0.1) is 6.10 Å². The van der Waals surface area contributed by atoms with Gasteiger partial charge in [0.1, 0.15) is 0 Å². The van der Waals surface area contributed by atoms with Gasteiger partial charge in [-0.05, 0) is 118 Å². The van der Waals surface area contributed by atoms with Crippen LogP contribution in [0, 0.1) is 39.9 Å². The quantitative estimate of drug-likeness (QED) is 0.462. The predicted molar refractivity (Wildman–Crippen MR) is 128 cm³/mol. The predicted octanol–water partition coefficient (Wildman–Crippen LogP) is 8.09. The van der Waals surface area contributed by atoms with Crippen molar-refractivity contribution in [2.75, 3.05) is 0 Å². The van der Waals surface area contributed by atoms with Crippen molar-refractivity contribution in [1.29, 1.82) is 0 Å². The van der Waals surface area contributed by atoms with E-state index >= 15 is 0 Å². The van der Waals surface area contributed by atoms with Crippen LogP contribution in [0.1, 0.15) is 113 Å². The SMILES string of the molecule is CC(C)=CCC[C@@H](C)[C@H]1CC[C@@]2(C)C3=C(CC[C@]12C)[C@H]1CC[C@H](O)C(C)(C)[C@@H]1CC3. The van der Waals surface area contributed by atoms with E-state index in [9.17, 15) is 5.11 Å². The molecule has 0 aliphatic heterocycles. The monoisotopic (exact) mass is 412 g/mol. The van der Waals surface area contributed by atoms with E-state index in [4.69, 9.17) is 0 Å². The Labute approximate surface area is 186 Å². The van der Waals surface area contributed by atoms with Crippen molar-refractivity contribution in [2.45, 2.75) is 119 Å². The Morgan fingerprint density at radius 2 is 1.77 bits per heavy atom. The zero-order valence-electron chi connectivity index (χ0n) is 21.0. The topological polar surface area (TPSA) is 20.2 Å². The van der Waals surface area contributed by atoms with Crippen LogP contribution in [0.2, 0.25) is 0 Å². The van der Waals surface area contributed by atoms with Gasteiger partial charge in [-0.3, -0.25) is 0 Å². The first-order valence-corrected chi connectivity index (χ1v) is 13.1. The van der Waals surface area contributed by atoms with E-state index in [-0.39, 0.29) is 11.5 Å². The summed E-state index contributed by atoms with van der Waals surface area (Å²) in [5.74, 6) is 3.15. The molecule has 1 N–H and O–H groups in total. The average Bonchev–Trinajstić information content (AvgIpc) is 2.96. The maximum Gasteiger partial charge on any atom is 0.0594 e. The molecule has 0 heterocycles. The Bertz CT molecular complexity index is 723. The lowest BCUT2D eigenvalue weighted by atomic mass is 9.47. The zero-order valence-corrected chi connectivity index (χ0v) is 21.0. The molecule has 0 radical (unpaired) electrons. The van der Waals surface area contributed by atoms with Crippen molar-refractivity contribution in [3.8, 4) is 0 Å². The molecule has 0 saturated heterocycles. The van der Waals surface area contributed by atoms with Crippen molar-refractivity contribution in [2.24, 2.45) is 39.9 Å². The van der Waals surface area contributed by atoms with E-state index in [0.29, 0.717) is 16.7 Å². The molecule has 0 aromatic heterocycles. The molecular formula is C29H48O. The molecule has 170 valence electrons. The van der Waals surface area contributed by atoms with Gasteiger partial charge in [0.2, 0.25) is 0 Å². The molecule has 0 spiro atoms. The van der Waals surface area contributed by atoms with Gasteiger partial charge in [-0.2, -0.15) is 0 Å². The van der Waals surface area contributed by atoms with E-state index in [0.717, 1.165) is 24.2 Å². The average molecular weight is 413 g/mol. The van der Waals surface area contributed by atoms with Gasteiger partial charge in [0, 0.05) is 0 Å². The van der Waals surface area contributed by atoms with E-state index in [1.165, 1.54) is 63.4 Å². The minimum atomic E-state index is -0.108. The van der Waals surface area contributed by atoms with Crippen molar-refractivity contribution in [3.05, 3.63) is 22.8 Å². The van der Waals surface area contributed by atoms with Crippen LogP contribution in [-0.2, 0) is 0 Å². The van der Waals surface area contributed by atoms with Crippen molar-refractivity contribution in [3.63, 3.8) is 0 Å². The number of fused-ring (bicyclic) bond motifs is 4. The second-order valence-electron chi connectivity index (χ2n) is 12.9. The Hall–Kier alpha value is -0.560. The highest BCUT2D eigenvalue weighted by Crippen LogP contribution is 2.70. The third-order valence-electron chi connectivity index (χ3n) is 11.1. The molecule has 1 nitrogen and oxygen atoms in total. The summed E-state index contributed by atoms with van der Waals surface area (Å²) < 4.78 is 0. The highest BCUT2D eigenvalue weighted by molar-refractivity contribution is 5.36. The second kappa shape index (κ2) is 7.79. The lowest BCUT2D eigenvalue weighted by molar-refractivity contribution is -0.0627. The van der Waals surface area contributed by atoms with Gasteiger partial charge in [-0.25, -0.2) is 0 Å². The molecule has 2 saturated carbocycles. The van der Waals surface area contributed by atoms with Crippen LogP contribution in [0.25, 0.3) is 0 Å². The van der Waals surface area contributed by atoms with Gasteiger partial charge >= 0.3 is 0 Å². The zero-order chi connectivity index (χ0) is 21.9. The number of hydrogen-bond donors (Lipinski definition) is 1. The minimum Gasteiger partial charge on any atom is -0.393 e. The summed E-state index contributed by atoms with van der Waals surface area (Å²) in [6, 6.07) is 0. The van der Waals surface area contributed by atoms with Gasteiger partial charge in [-0.1, -0.05) is 57.4 Å². The lowest BCUT2D eigenvalue weighted by Crippen LogP contribution is -2.50. The summed E-state index contributed by atoms with van der Waals surface area (Å²) in [7, 11) is 0. The fourth-order valence-corrected chi connectivity index (χ4v) is 8.87. The Balaban J connectivity index is 1.60. The van der Waals surface area contributed by atoms with Gasteiger partial charge in [0.15, 0.2) is 0 Å². The first-order chi connectivity index (χ1) is 14.0. The van der Waals surface area contributed by atoms with E-state index < -0.39 is 0 Å². The number of aliphatic hydroxyl groups is 1. The maximum atomic E-state index is 10.7. The maximum absolute atomic E-state index is 10.7. The number of aliphatic hydroxyl groups excluding tert-OH is 1. The highest BCUT2D eigenvalue weighted by Gasteiger charge is 2.60. The van der Waals surface area contributed by atoms with E-state index in [2.05, 4.69) is 54.5 Å². The van der Waals surface area contributed by atoms with Crippen LogP contribution in [0.15, 0.2) is 22.8 Å². The van der Waals surface area contributed by atoms with Crippen molar-refractivity contribution < 1.29 is 5.11 Å². The van der Waals surface area contributed by atoms with Crippen LogP contribution in [0.3, 0.4) is 0 Å². The third kappa shape index (κ3) is 3.28. The largest absolute Gasteiger partial charge is 0.393 e. The molecule has 4 aliphatic carbocycles. The highest BCUT2D eigenvalue weighted by atomic mass is 16.3. The van der Waals surface area contributed by atoms with E-state index in [1.54, 1.807) is 0 Å². The Morgan fingerprint density at radius 1 is 1.03 bits per heavy atom. The molecule has 0 bridgehead atoms. The van der Waals surface area contributed by atoms with Crippen LogP contribution in [0.5, 0.6) is 0 Å². The second-order valence-corrected chi connectivity index (χ2v) is 12.9. The lowest BCUT2D eigenvalue weighted by Gasteiger charge is -2.58. The normalized spacial score (nSPS) is 43.5. The molecule has 7 atom stereocenters. The standard InChI is InChI=1S/C29H48O/c1-19(2)9-8-10-20(3)23-16-18-29(7)25-13-12-24-21(11-14-26(30)27(24,4)5)22(25)15-17-28(23,29)6/h9,20-21,23-24,26,30H,8,10-18H2,1-7H3/t20-,21-,23-,24-,26+,28-,29+/m1/s1. The molecule has 0 amide bonds. The minimum absolute atomic E-state index is 0.0841. The summed E-state index contributed by atoms with van der Waals surface area (Å²) in [4.78, 5) is 0. The number of rotatable bonds is 4. The molecule has 0 aromatic rings. The third-order valence-corrected chi connectivity index (χ3v) is 11.1. The Morgan fingerprint density at radius 3 is 2.47 bits per heavy atom. The molecule has 4 aliphatic rings. The molecule has 30 heavy (non-hydrogen) atoms. The molecule has 2 fully saturated rings. The summed E-state index contributed by atoms with van der Waals surface area (Å²) in [6.07, 6.45) is 15.3. The van der Waals surface area contributed by atoms with Crippen molar-refractivity contribution >= 4 is 0 Å². The van der Waals surface area contributed by atoms with Crippen LogP contribution >= 0.6 is 0 Å². The van der Waals surface area contributed by atoms with Crippen molar-refractivity contribution in [1.82, 2.24) is 0 Å². The number of allylic oxidation sites excluding steroid dienone is 4. The van der Waals surface area contributed by atoms with E-state index in [1.807, 2.05) is 11.1 Å². The fourth-order valence-electron chi connectivity index (χ4n) is 8.87. The molecule has 0 aromatic carbocycles. The first-order valence-electron chi connectivity index (χ1n) is 13.1. The number of hydrogen-bond acceptors (Lipinski definition) is 1. The van der Waals surface area contributed by atoms with Crippen LogP contribution in [-0.4, -0.2) is 11.2 Å². The smallest absolute Gasteiger partial charge is 0.0594 e. The summed E-state index contributed by atoms with van der Waals surface area (Å²) in [5.41, 5.74) is 6.21. The summed E-state index contributed by atoms with van der Waals surface area (Å²) >= 11 is 0. The summed E-state index contributed by atoms with van der Waals surface area (Å²) in [5, 5.41) is 10.7. The molecule has 1 heteroatoms. The fraction of sp³-hybridized carbons (Fsp3) is 0.862. The van der Waals surface area contributed by atoms with Gasteiger partial charge in [0.25, 0.3) is 0 Å². The van der Waals surface area contributed by atoms with Gasteiger partial charge in [-0.15, -0.1) is 0 Å². The molecular weight excluding hydrogens is 364 g/mol. The van der Waals surface area contributed by atoms with Gasteiger partial charge < -0.3 is 5.11 Å². The first kappa shape index (κ1) is 22.6.